The third kappa shape index (κ3) is 8.38. The van der Waals surface area contributed by atoms with Gasteiger partial charge in [-0.15, -0.1) is 0 Å². The van der Waals surface area contributed by atoms with Crippen LogP contribution in [0.3, 0.4) is 0 Å². The normalized spacial score (nSPS) is 12.0. The highest BCUT2D eigenvalue weighted by Crippen LogP contribution is 2.23. The Hall–Kier alpha value is -3.72. The zero-order valence-corrected chi connectivity index (χ0v) is 23.7. The Balaban J connectivity index is 1.87. The van der Waals surface area contributed by atoms with Crippen molar-refractivity contribution in [3.05, 3.63) is 101 Å². The fourth-order valence-corrected chi connectivity index (χ4v) is 5.58. The van der Waals surface area contributed by atoms with Gasteiger partial charge in [-0.05, 0) is 55.2 Å². The zero-order chi connectivity index (χ0) is 28.6. The lowest BCUT2D eigenvalue weighted by Crippen LogP contribution is -2.50. The molecule has 39 heavy (non-hydrogen) atoms. The Morgan fingerprint density at radius 2 is 1.56 bits per heavy atom. The first-order valence-electron chi connectivity index (χ1n) is 12.8. The Bertz CT molecular complexity index is 1380. The van der Waals surface area contributed by atoms with E-state index in [1.807, 2.05) is 50.2 Å². The second kappa shape index (κ2) is 13.4. The van der Waals surface area contributed by atoms with E-state index >= 15 is 0 Å². The molecule has 208 valence electrons. The molecule has 7 nitrogen and oxygen atoms in total. The average molecular weight is 554 g/mol. The monoisotopic (exact) mass is 553 g/mol. The van der Waals surface area contributed by atoms with Gasteiger partial charge < -0.3 is 10.2 Å². The summed E-state index contributed by atoms with van der Waals surface area (Å²) < 4.78 is 41.1. The van der Waals surface area contributed by atoms with Crippen molar-refractivity contribution in [2.24, 2.45) is 0 Å². The molecule has 3 rings (SSSR count). The number of hydrogen-bond acceptors (Lipinski definition) is 4. The molecule has 3 aromatic carbocycles. The number of nitrogens with one attached hydrogen (secondary N) is 1. The lowest BCUT2D eigenvalue weighted by molar-refractivity contribution is -0.141. The van der Waals surface area contributed by atoms with Gasteiger partial charge in [-0.3, -0.25) is 13.9 Å². The molecule has 0 aliphatic carbocycles. The van der Waals surface area contributed by atoms with Crippen LogP contribution in [0.15, 0.2) is 72.8 Å². The van der Waals surface area contributed by atoms with Gasteiger partial charge in [-0.1, -0.05) is 54.6 Å². The van der Waals surface area contributed by atoms with Gasteiger partial charge in [-0.2, -0.15) is 0 Å². The number of carbonyl (C=O) groups is 2. The third-order valence-corrected chi connectivity index (χ3v) is 7.66. The maximum atomic E-state index is 14.6. The molecule has 1 unspecified atom stereocenters. The van der Waals surface area contributed by atoms with Gasteiger partial charge in [-0.25, -0.2) is 12.8 Å². The van der Waals surface area contributed by atoms with Crippen LogP contribution >= 0.6 is 0 Å². The summed E-state index contributed by atoms with van der Waals surface area (Å²) in [7, 11) is -2.10. The number of hydrogen-bond donors (Lipinski definition) is 1. The number of aryl methyl sites for hydroxylation is 2. The topological polar surface area (TPSA) is 86.8 Å². The molecule has 1 N–H and O–H groups in total. The summed E-state index contributed by atoms with van der Waals surface area (Å²) in [6.07, 6.45) is 1.59. The first kappa shape index (κ1) is 29.8. The minimum Gasteiger partial charge on any atom is -0.357 e. The Labute approximate surface area is 230 Å². The molecule has 2 amide bonds. The molecule has 0 saturated heterocycles. The van der Waals surface area contributed by atoms with E-state index in [2.05, 4.69) is 5.32 Å². The first-order valence-corrected chi connectivity index (χ1v) is 14.7. The van der Waals surface area contributed by atoms with Crippen LogP contribution in [0, 0.1) is 19.7 Å². The van der Waals surface area contributed by atoms with Gasteiger partial charge >= 0.3 is 0 Å². The third-order valence-electron chi connectivity index (χ3n) is 6.46. The van der Waals surface area contributed by atoms with Gasteiger partial charge in [0, 0.05) is 38.5 Å². The molecule has 0 spiro atoms. The molecule has 0 aliphatic rings. The van der Waals surface area contributed by atoms with Crippen molar-refractivity contribution >= 4 is 27.5 Å². The predicted octanol–water partition coefficient (Wildman–Crippen LogP) is 4.37. The molecular weight excluding hydrogens is 517 g/mol. The van der Waals surface area contributed by atoms with Gasteiger partial charge in [0.1, 0.15) is 11.9 Å². The van der Waals surface area contributed by atoms with Crippen molar-refractivity contribution in [2.45, 2.75) is 45.7 Å². The summed E-state index contributed by atoms with van der Waals surface area (Å²) in [5.74, 6) is -1.20. The number of likely N-dealkylation sites (N-methyl/N-ethyl adjacent to an activating group) is 1. The molecule has 9 heteroatoms. The van der Waals surface area contributed by atoms with Gasteiger partial charge in [0.15, 0.2) is 0 Å². The molecular formula is C30H36FN3O4S. The van der Waals surface area contributed by atoms with Crippen molar-refractivity contribution < 1.29 is 22.4 Å². The first-order chi connectivity index (χ1) is 18.5. The molecule has 0 bridgehead atoms. The van der Waals surface area contributed by atoms with Crippen LogP contribution in [-0.4, -0.2) is 51.0 Å². The summed E-state index contributed by atoms with van der Waals surface area (Å²) in [6, 6.07) is 20.1. The summed E-state index contributed by atoms with van der Waals surface area (Å²) >= 11 is 0. The highest BCUT2D eigenvalue weighted by atomic mass is 32.2. The second-order valence-electron chi connectivity index (χ2n) is 9.72. The molecule has 3 aromatic rings. The van der Waals surface area contributed by atoms with Crippen molar-refractivity contribution in [3.63, 3.8) is 0 Å². The quantitative estimate of drug-likeness (QED) is 0.361. The fraction of sp³-hybridized carbons (Fsp3) is 0.333. The largest absolute Gasteiger partial charge is 0.357 e. The van der Waals surface area contributed by atoms with Crippen molar-refractivity contribution in [1.29, 1.82) is 0 Å². The van der Waals surface area contributed by atoms with Crippen LogP contribution in [0.1, 0.15) is 35.1 Å². The second-order valence-corrected chi connectivity index (χ2v) is 11.6. The maximum Gasteiger partial charge on any atom is 0.242 e. The van der Waals surface area contributed by atoms with Crippen molar-refractivity contribution in [2.75, 3.05) is 24.2 Å². The Morgan fingerprint density at radius 1 is 0.949 bits per heavy atom. The van der Waals surface area contributed by atoms with E-state index in [1.165, 1.54) is 22.3 Å². The average Bonchev–Trinajstić information content (AvgIpc) is 2.88. The highest BCUT2D eigenvalue weighted by Gasteiger charge is 2.30. The van der Waals surface area contributed by atoms with Crippen LogP contribution in [0.5, 0.6) is 0 Å². The van der Waals surface area contributed by atoms with Crippen LogP contribution in [0.2, 0.25) is 0 Å². The lowest BCUT2D eigenvalue weighted by atomic mass is 10.0. The van der Waals surface area contributed by atoms with Crippen LogP contribution in [-0.2, 0) is 32.6 Å². The van der Waals surface area contributed by atoms with Crippen molar-refractivity contribution in [1.82, 2.24) is 10.2 Å². The van der Waals surface area contributed by atoms with E-state index in [0.717, 1.165) is 22.9 Å². The lowest BCUT2D eigenvalue weighted by Gasteiger charge is -2.31. The highest BCUT2D eigenvalue weighted by molar-refractivity contribution is 7.92. The number of halogens is 1. The van der Waals surface area contributed by atoms with Crippen molar-refractivity contribution in [3.8, 4) is 0 Å². The van der Waals surface area contributed by atoms with E-state index in [9.17, 15) is 22.4 Å². The number of sulfonamides is 1. The number of rotatable bonds is 12. The minimum absolute atomic E-state index is 0.0203. The van der Waals surface area contributed by atoms with E-state index < -0.39 is 21.9 Å². The molecule has 0 radical (unpaired) electrons. The van der Waals surface area contributed by atoms with Crippen LogP contribution < -0.4 is 9.62 Å². The molecule has 1 atom stereocenters. The molecule has 0 aliphatic heterocycles. The van der Waals surface area contributed by atoms with E-state index in [0.29, 0.717) is 11.3 Å². The summed E-state index contributed by atoms with van der Waals surface area (Å²) in [4.78, 5) is 28.1. The predicted molar refractivity (Wildman–Crippen MR) is 152 cm³/mol. The SMILES string of the molecule is CNC(=O)C(Cc1ccccc1)N(Cc1ccccc1F)C(=O)CCCN(c1cc(C)cc(C)c1)S(C)(=O)=O. The standard InChI is InChI=1S/C30H36FN3O4S/c1-22-17-23(2)19-26(18-22)34(39(4,37)38)16-10-15-29(35)33(21-25-13-8-9-14-27(25)31)28(30(36)32-3)20-24-11-6-5-7-12-24/h5-9,11-14,17-19,28H,10,15-16,20-21H2,1-4H3,(H,32,36). The minimum atomic E-state index is -3.60. The van der Waals surface area contributed by atoms with E-state index in [-0.39, 0.29) is 44.2 Å². The Kier molecular flexibility index (Phi) is 10.2. The molecule has 0 heterocycles. The summed E-state index contributed by atoms with van der Waals surface area (Å²) in [5.41, 5.74) is 3.55. The summed E-state index contributed by atoms with van der Waals surface area (Å²) in [6.45, 7) is 3.78. The molecule has 0 saturated carbocycles. The number of carbonyl (C=O) groups excluding carboxylic acids is 2. The maximum absolute atomic E-state index is 14.6. The number of anilines is 1. The van der Waals surface area contributed by atoms with Crippen LogP contribution in [0.4, 0.5) is 10.1 Å². The smallest absolute Gasteiger partial charge is 0.242 e. The molecule has 0 aromatic heterocycles. The van der Waals surface area contributed by atoms with Gasteiger partial charge in [0.25, 0.3) is 0 Å². The number of amides is 2. The van der Waals surface area contributed by atoms with Gasteiger partial charge in [0.2, 0.25) is 21.8 Å². The zero-order valence-electron chi connectivity index (χ0n) is 22.9. The summed E-state index contributed by atoms with van der Waals surface area (Å²) in [5, 5.41) is 2.63. The number of benzene rings is 3. The fourth-order valence-electron chi connectivity index (χ4n) is 4.63. The number of nitrogens with zero attached hydrogens (tertiary/aromatic N) is 2. The van der Waals surface area contributed by atoms with E-state index in [4.69, 9.17) is 0 Å². The van der Waals surface area contributed by atoms with Crippen LogP contribution in [0.25, 0.3) is 0 Å². The van der Waals surface area contributed by atoms with E-state index in [1.54, 1.807) is 30.3 Å². The molecule has 0 fully saturated rings. The Morgan fingerprint density at radius 3 is 2.15 bits per heavy atom. The van der Waals surface area contributed by atoms with Gasteiger partial charge in [0.05, 0.1) is 11.9 Å².